The van der Waals surface area contributed by atoms with Gasteiger partial charge in [-0.05, 0) is 20.4 Å². The van der Waals surface area contributed by atoms with Crippen molar-refractivity contribution in [2.75, 3.05) is 20.2 Å². The summed E-state index contributed by atoms with van der Waals surface area (Å²) in [4.78, 5) is 2.40. The van der Waals surface area contributed by atoms with Gasteiger partial charge in [-0.25, -0.2) is 0 Å². The average Bonchev–Trinajstić information content (AvgIpc) is 2.41. The van der Waals surface area contributed by atoms with E-state index in [0.29, 0.717) is 6.10 Å². The first kappa shape index (κ1) is 6.62. The summed E-state index contributed by atoms with van der Waals surface area (Å²) in [6, 6.07) is 0.743. The molecule has 58 valence electrons. The number of likely N-dealkylation sites (tertiary alicyclic amines) is 1. The molecule has 2 aliphatic rings. The van der Waals surface area contributed by atoms with Gasteiger partial charge in [0.2, 0.25) is 0 Å². The first-order chi connectivity index (χ1) is 4.79. The molecule has 2 rings (SSSR count). The number of hydrogen-bond donors (Lipinski definition) is 0. The highest BCUT2D eigenvalue weighted by atomic mass is 16.5. The van der Waals surface area contributed by atoms with E-state index in [2.05, 4.69) is 18.9 Å². The van der Waals surface area contributed by atoms with E-state index in [1.807, 2.05) is 0 Å². The molecule has 10 heavy (non-hydrogen) atoms. The van der Waals surface area contributed by atoms with E-state index in [9.17, 15) is 0 Å². The third kappa shape index (κ3) is 0.789. The molecule has 2 saturated heterocycles. The second-order valence-electron chi connectivity index (χ2n) is 3.54. The van der Waals surface area contributed by atoms with E-state index < -0.39 is 0 Å². The van der Waals surface area contributed by atoms with Crippen LogP contribution in [-0.4, -0.2) is 37.2 Å². The Morgan fingerprint density at radius 1 is 1.50 bits per heavy atom. The third-order valence-corrected chi connectivity index (χ3v) is 3.04. The molecule has 0 bridgehead atoms. The van der Waals surface area contributed by atoms with Gasteiger partial charge < -0.3 is 9.64 Å². The van der Waals surface area contributed by atoms with E-state index in [-0.39, 0.29) is 0 Å². The minimum absolute atomic E-state index is 0.556. The van der Waals surface area contributed by atoms with E-state index in [1.54, 1.807) is 0 Å². The van der Waals surface area contributed by atoms with Crippen LogP contribution in [-0.2, 0) is 4.74 Å². The number of ether oxygens (including phenoxy) is 1. The lowest BCUT2D eigenvalue weighted by Gasteiger charge is -2.17. The van der Waals surface area contributed by atoms with Crippen LogP contribution >= 0.6 is 0 Å². The van der Waals surface area contributed by atoms with Crippen LogP contribution in [0.15, 0.2) is 0 Å². The van der Waals surface area contributed by atoms with E-state index in [4.69, 9.17) is 4.74 Å². The van der Waals surface area contributed by atoms with Crippen molar-refractivity contribution >= 4 is 0 Å². The lowest BCUT2D eigenvalue weighted by Crippen LogP contribution is -2.25. The number of likely N-dealkylation sites (N-methyl/N-ethyl adjacent to an activating group) is 1. The summed E-state index contributed by atoms with van der Waals surface area (Å²) in [6.07, 6.45) is 1.83. The van der Waals surface area contributed by atoms with Gasteiger partial charge in [0.1, 0.15) is 0 Å². The molecular weight excluding hydrogens is 126 g/mol. The molecule has 0 spiro atoms. The van der Waals surface area contributed by atoms with Crippen molar-refractivity contribution in [3.8, 4) is 0 Å². The van der Waals surface area contributed by atoms with Gasteiger partial charge in [0.25, 0.3) is 0 Å². The number of rotatable bonds is 0. The molecule has 3 unspecified atom stereocenters. The van der Waals surface area contributed by atoms with Crippen LogP contribution < -0.4 is 0 Å². The molecule has 0 aliphatic carbocycles. The third-order valence-electron chi connectivity index (χ3n) is 3.04. The van der Waals surface area contributed by atoms with Gasteiger partial charge in [0.15, 0.2) is 0 Å². The van der Waals surface area contributed by atoms with E-state index >= 15 is 0 Å². The van der Waals surface area contributed by atoms with Gasteiger partial charge in [0, 0.05) is 25.1 Å². The number of hydrogen-bond acceptors (Lipinski definition) is 2. The Bertz CT molecular complexity index is 135. The highest BCUT2D eigenvalue weighted by Gasteiger charge is 2.40. The quantitative estimate of drug-likeness (QED) is 0.493. The SMILES string of the molecule is CC1C2CCOC2CN1C. The lowest BCUT2D eigenvalue weighted by atomic mass is 9.99. The van der Waals surface area contributed by atoms with Gasteiger partial charge in [-0.2, -0.15) is 0 Å². The molecule has 0 radical (unpaired) electrons. The number of fused-ring (bicyclic) bond motifs is 1. The molecular formula is C8H15NO. The minimum atomic E-state index is 0.556. The van der Waals surface area contributed by atoms with Crippen LogP contribution in [0, 0.1) is 5.92 Å². The Labute approximate surface area is 62.2 Å². The van der Waals surface area contributed by atoms with Crippen LogP contribution in [0.4, 0.5) is 0 Å². The Morgan fingerprint density at radius 2 is 2.30 bits per heavy atom. The van der Waals surface area contributed by atoms with Crippen molar-refractivity contribution in [2.45, 2.75) is 25.5 Å². The molecule has 0 amide bonds. The molecule has 2 heterocycles. The van der Waals surface area contributed by atoms with Crippen molar-refractivity contribution in [2.24, 2.45) is 5.92 Å². The molecule has 2 aliphatic heterocycles. The maximum Gasteiger partial charge on any atom is 0.0745 e. The fraction of sp³-hybridized carbons (Fsp3) is 1.00. The average molecular weight is 141 g/mol. The molecule has 0 aromatic heterocycles. The van der Waals surface area contributed by atoms with E-state index in [1.165, 1.54) is 6.42 Å². The zero-order chi connectivity index (χ0) is 7.14. The van der Waals surface area contributed by atoms with Gasteiger partial charge >= 0.3 is 0 Å². The van der Waals surface area contributed by atoms with Crippen molar-refractivity contribution in [1.29, 1.82) is 0 Å². The predicted octanol–water partition coefficient (Wildman–Crippen LogP) is 0.725. The number of nitrogens with zero attached hydrogens (tertiary/aromatic N) is 1. The maximum absolute atomic E-state index is 5.58. The summed E-state index contributed by atoms with van der Waals surface area (Å²) in [6.45, 7) is 4.44. The fourth-order valence-corrected chi connectivity index (χ4v) is 2.18. The molecule has 2 heteroatoms. The summed E-state index contributed by atoms with van der Waals surface area (Å²) in [5.41, 5.74) is 0. The summed E-state index contributed by atoms with van der Waals surface area (Å²) in [5, 5.41) is 0. The smallest absolute Gasteiger partial charge is 0.0745 e. The lowest BCUT2D eigenvalue weighted by molar-refractivity contribution is 0.103. The largest absolute Gasteiger partial charge is 0.377 e. The van der Waals surface area contributed by atoms with Crippen LogP contribution in [0.25, 0.3) is 0 Å². The minimum Gasteiger partial charge on any atom is -0.377 e. The normalized spacial score (nSPS) is 48.0. The summed E-state index contributed by atoms with van der Waals surface area (Å²) < 4.78 is 5.58. The highest BCUT2D eigenvalue weighted by Crippen LogP contribution is 2.32. The fourth-order valence-electron chi connectivity index (χ4n) is 2.18. The molecule has 2 nitrogen and oxygen atoms in total. The summed E-state index contributed by atoms with van der Waals surface area (Å²) in [5.74, 6) is 0.824. The first-order valence-corrected chi connectivity index (χ1v) is 4.11. The van der Waals surface area contributed by atoms with Crippen molar-refractivity contribution in [3.63, 3.8) is 0 Å². The predicted molar refractivity (Wildman–Crippen MR) is 39.9 cm³/mol. The van der Waals surface area contributed by atoms with Gasteiger partial charge in [0.05, 0.1) is 6.10 Å². The molecule has 0 N–H and O–H groups in total. The van der Waals surface area contributed by atoms with Gasteiger partial charge in [-0.1, -0.05) is 0 Å². The van der Waals surface area contributed by atoms with Crippen molar-refractivity contribution in [1.82, 2.24) is 4.90 Å². The topological polar surface area (TPSA) is 12.5 Å². The maximum atomic E-state index is 5.58. The Morgan fingerprint density at radius 3 is 3.00 bits per heavy atom. The summed E-state index contributed by atoms with van der Waals surface area (Å²) in [7, 11) is 2.19. The van der Waals surface area contributed by atoms with Gasteiger partial charge in [-0.15, -0.1) is 0 Å². The van der Waals surface area contributed by atoms with Crippen LogP contribution in [0.2, 0.25) is 0 Å². The van der Waals surface area contributed by atoms with Crippen LogP contribution in [0.5, 0.6) is 0 Å². The molecule has 2 fully saturated rings. The van der Waals surface area contributed by atoms with Crippen molar-refractivity contribution in [3.05, 3.63) is 0 Å². The van der Waals surface area contributed by atoms with Crippen LogP contribution in [0.1, 0.15) is 13.3 Å². The summed E-state index contributed by atoms with van der Waals surface area (Å²) >= 11 is 0. The second-order valence-corrected chi connectivity index (χ2v) is 3.54. The highest BCUT2D eigenvalue weighted by molar-refractivity contribution is 4.92. The van der Waals surface area contributed by atoms with E-state index in [0.717, 1.165) is 25.1 Å². The molecule has 0 saturated carbocycles. The Balaban J connectivity index is 2.09. The Kier molecular flexibility index (Phi) is 1.46. The molecule has 0 aromatic rings. The Hall–Kier alpha value is -0.0800. The standard InChI is InChI=1S/C8H15NO/c1-6-7-3-4-10-8(7)5-9(6)2/h6-8H,3-5H2,1-2H3. The first-order valence-electron chi connectivity index (χ1n) is 4.11. The van der Waals surface area contributed by atoms with Crippen LogP contribution in [0.3, 0.4) is 0 Å². The zero-order valence-electron chi connectivity index (χ0n) is 6.71. The monoisotopic (exact) mass is 141 g/mol. The second kappa shape index (κ2) is 2.21. The molecule has 0 aromatic carbocycles. The van der Waals surface area contributed by atoms with Gasteiger partial charge in [-0.3, -0.25) is 0 Å². The molecule has 3 atom stereocenters. The van der Waals surface area contributed by atoms with Crippen molar-refractivity contribution < 1.29 is 4.74 Å². The zero-order valence-corrected chi connectivity index (χ0v) is 6.71.